The van der Waals surface area contributed by atoms with Gasteiger partial charge < -0.3 is 19.3 Å². The predicted molar refractivity (Wildman–Crippen MR) is 99.4 cm³/mol. The summed E-state index contributed by atoms with van der Waals surface area (Å²) in [7, 11) is 1.57. The molecule has 0 saturated carbocycles. The second-order valence-electron chi connectivity index (χ2n) is 6.03. The van der Waals surface area contributed by atoms with Gasteiger partial charge in [-0.1, -0.05) is 41.1 Å². The zero-order valence-corrected chi connectivity index (χ0v) is 15.4. The molecule has 0 saturated heterocycles. The van der Waals surface area contributed by atoms with E-state index in [9.17, 15) is 4.79 Å². The number of benzene rings is 2. The Kier molecular flexibility index (Phi) is 5.71. The van der Waals surface area contributed by atoms with Crippen LogP contribution in [0.15, 0.2) is 53.1 Å². The highest BCUT2D eigenvalue weighted by atomic mass is 16.5. The van der Waals surface area contributed by atoms with Crippen LogP contribution in [0.3, 0.4) is 0 Å². The Morgan fingerprint density at radius 1 is 1.19 bits per heavy atom. The van der Waals surface area contributed by atoms with E-state index < -0.39 is 6.10 Å². The topological polar surface area (TPSA) is 86.5 Å². The van der Waals surface area contributed by atoms with E-state index in [0.29, 0.717) is 23.2 Å². The van der Waals surface area contributed by atoms with Crippen molar-refractivity contribution in [3.05, 3.63) is 60.0 Å². The third-order valence-electron chi connectivity index (χ3n) is 3.91. The summed E-state index contributed by atoms with van der Waals surface area (Å²) < 4.78 is 16.0. The molecular formula is C20H21N3O4. The summed E-state index contributed by atoms with van der Waals surface area (Å²) in [5.41, 5.74) is 2.01. The Morgan fingerprint density at radius 2 is 1.93 bits per heavy atom. The van der Waals surface area contributed by atoms with Crippen LogP contribution in [-0.4, -0.2) is 29.3 Å². The van der Waals surface area contributed by atoms with Crippen molar-refractivity contribution >= 4 is 5.91 Å². The molecule has 27 heavy (non-hydrogen) atoms. The Bertz CT molecular complexity index is 906. The van der Waals surface area contributed by atoms with Gasteiger partial charge in [0.2, 0.25) is 11.7 Å². The maximum atomic E-state index is 12.2. The number of rotatable bonds is 7. The molecule has 0 radical (unpaired) electrons. The molecule has 1 atom stereocenters. The number of aromatic nitrogens is 2. The minimum atomic E-state index is -0.684. The second kappa shape index (κ2) is 8.35. The van der Waals surface area contributed by atoms with Crippen LogP contribution in [0, 0.1) is 6.92 Å². The number of nitrogens with zero attached hydrogens (tertiary/aromatic N) is 2. The standard InChI is InChI=1S/C20H21N3O4/c1-13-7-9-15(10-8-13)19-22-18(27-23-19)12-21-20(24)14(2)26-17-6-4-5-16(11-17)25-3/h4-11,14H,12H2,1-3H3,(H,21,24). The molecule has 7 nitrogen and oxygen atoms in total. The molecule has 7 heteroatoms. The van der Waals surface area contributed by atoms with Crippen molar-refractivity contribution in [2.75, 3.05) is 7.11 Å². The number of ether oxygens (including phenoxy) is 2. The molecule has 3 rings (SSSR count). The largest absolute Gasteiger partial charge is 0.497 e. The van der Waals surface area contributed by atoms with Gasteiger partial charge in [-0.15, -0.1) is 0 Å². The van der Waals surface area contributed by atoms with Crippen LogP contribution in [0.2, 0.25) is 0 Å². The fraction of sp³-hybridized carbons (Fsp3) is 0.250. The Morgan fingerprint density at radius 3 is 2.67 bits per heavy atom. The molecule has 1 heterocycles. The van der Waals surface area contributed by atoms with E-state index in [-0.39, 0.29) is 12.5 Å². The van der Waals surface area contributed by atoms with Gasteiger partial charge in [0.05, 0.1) is 13.7 Å². The van der Waals surface area contributed by atoms with Crippen molar-refractivity contribution in [2.24, 2.45) is 0 Å². The van der Waals surface area contributed by atoms with E-state index in [1.807, 2.05) is 31.2 Å². The number of amides is 1. The van der Waals surface area contributed by atoms with Gasteiger partial charge in [0.25, 0.3) is 5.91 Å². The SMILES string of the molecule is COc1cccc(OC(C)C(=O)NCc2nc(-c3ccc(C)cc3)no2)c1. The predicted octanol–water partition coefficient (Wildman–Crippen LogP) is 3.14. The average molecular weight is 367 g/mol. The maximum absolute atomic E-state index is 12.2. The first-order valence-corrected chi connectivity index (χ1v) is 8.53. The van der Waals surface area contributed by atoms with Gasteiger partial charge in [0, 0.05) is 11.6 Å². The summed E-state index contributed by atoms with van der Waals surface area (Å²) in [6, 6.07) is 14.9. The summed E-state index contributed by atoms with van der Waals surface area (Å²) in [6.45, 7) is 3.81. The molecular weight excluding hydrogens is 346 g/mol. The number of carbonyl (C=O) groups is 1. The normalized spacial score (nSPS) is 11.7. The van der Waals surface area contributed by atoms with Gasteiger partial charge >= 0.3 is 0 Å². The third-order valence-corrected chi connectivity index (χ3v) is 3.91. The minimum Gasteiger partial charge on any atom is -0.497 e. The first-order valence-electron chi connectivity index (χ1n) is 8.53. The van der Waals surface area contributed by atoms with E-state index >= 15 is 0 Å². The molecule has 0 aliphatic heterocycles. The first-order chi connectivity index (χ1) is 13.0. The van der Waals surface area contributed by atoms with Crippen molar-refractivity contribution in [3.63, 3.8) is 0 Å². The van der Waals surface area contributed by atoms with E-state index in [0.717, 1.165) is 11.1 Å². The van der Waals surface area contributed by atoms with Crippen LogP contribution in [0.25, 0.3) is 11.4 Å². The number of methoxy groups -OCH3 is 1. The van der Waals surface area contributed by atoms with Crippen molar-refractivity contribution in [1.82, 2.24) is 15.5 Å². The third kappa shape index (κ3) is 4.84. The summed E-state index contributed by atoms with van der Waals surface area (Å²) in [6.07, 6.45) is -0.684. The molecule has 1 amide bonds. The van der Waals surface area contributed by atoms with Crippen LogP contribution in [0.1, 0.15) is 18.4 Å². The van der Waals surface area contributed by atoms with Crippen LogP contribution in [0.5, 0.6) is 11.5 Å². The van der Waals surface area contributed by atoms with Crippen molar-refractivity contribution < 1.29 is 18.8 Å². The van der Waals surface area contributed by atoms with E-state index in [1.54, 1.807) is 38.3 Å². The van der Waals surface area contributed by atoms with Crippen LogP contribution in [-0.2, 0) is 11.3 Å². The lowest BCUT2D eigenvalue weighted by atomic mass is 10.1. The van der Waals surface area contributed by atoms with Crippen molar-refractivity contribution in [1.29, 1.82) is 0 Å². The highest BCUT2D eigenvalue weighted by Gasteiger charge is 2.16. The smallest absolute Gasteiger partial charge is 0.261 e. The van der Waals surface area contributed by atoms with Crippen LogP contribution >= 0.6 is 0 Å². The number of aryl methyl sites for hydroxylation is 1. The molecule has 0 fully saturated rings. The van der Waals surface area contributed by atoms with E-state index in [4.69, 9.17) is 14.0 Å². The maximum Gasteiger partial charge on any atom is 0.261 e. The van der Waals surface area contributed by atoms with Crippen molar-refractivity contribution in [3.8, 4) is 22.9 Å². The molecule has 0 aliphatic carbocycles. The van der Waals surface area contributed by atoms with Crippen LogP contribution in [0.4, 0.5) is 0 Å². The number of nitrogens with one attached hydrogen (secondary N) is 1. The summed E-state index contributed by atoms with van der Waals surface area (Å²) in [5.74, 6) is 1.74. The molecule has 0 spiro atoms. The summed E-state index contributed by atoms with van der Waals surface area (Å²) in [4.78, 5) is 16.5. The fourth-order valence-corrected chi connectivity index (χ4v) is 2.39. The molecule has 0 bridgehead atoms. The Hall–Kier alpha value is -3.35. The van der Waals surface area contributed by atoms with Gasteiger partial charge in [0.15, 0.2) is 6.10 Å². The quantitative estimate of drug-likeness (QED) is 0.690. The van der Waals surface area contributed by atoms with Gasteiger partial charge in [-0.25, -0.2) is 0 Å². The zero-order chi connectivity index (χ0) is 19.2. The number of hydrogen-bond donors (Lipinski definition) is 1. The van der Waals surface area contributed by atoms with Gasteiger partial charge in [0.1, 0.15) is 11.5 Å². The van der Waals surface area contributed by atoms with Gasteiger partial charge in [-0.3, -0.25) is 4.79 Å². The number of carbonyl (C=O) groups excluding carboxylic acids is 1. The molecule has 1 aromatic heterocycles. The Labute approximate surface area is 157 Å². The van der Waals surface area contributed by atoms with E-state index in [1.165, 1.54) is 0 Å². The lowest BCUT2D eigenvalue weighted by Gasteiger charge is -2.14. The van der Waals surface area contributed by atoms with Gasteiger partial charge in [-0.05, 0) is 26.0 Å². The molecule has 2 aromatic carbocycles. The number of hydrogen-bond acceptors (Lipinski definition) is 6. The highest BCUT2D eigenvalue weighted by Crippen LogP contribution is 2.20. The monoisotopic (exact) mass is 367 g/mol. The van der Waals surface area contributed by atoms with Crippen LogP contribution < -0.4 is 14.8 Å². The molecule has 1 N–H and O–H groups in total. The lowest BCUT2D eigenvalue weighted by molar-refractivity contribution is -0.127. The lowest BCUT2D eigenvalue weighted by Crippen LogP contribution is -2.36. The molecule has 0 aliphatic rings. The average Bonchev–Trinajstić information content (AvgIpc) is 3.15. The summed E-state index contributed by atoms with van der Waals surface area (Å²) in [5, 5.41) is 6.67. The van der Waals surface area contributed by atoms with E-state index in [2.05, 4.69) is 15.5 Å². The zero-order valence-electron chi connectivity index (χ0n) is 15.4. The molecule has 140 valence electrons. The Balaban J connectivity index is 1.54. The fourth-order valence-electron chi connectivity index (χ4n) is 2.39. The summed E-state index contributed by atoms with van der Waals surface area (Å²) >= 11 is 0. The second-order valence-corrected chi connectivity index (χ2v) is 6.03. The van der Waals surface area contributed by atoms with Gasteiger partial charge in [-0.2, -0.15) is 4.98 Å². The van der Waals surface area contributed by atoms with Crippen molar-refractivity contribution in [2.45, 2.75) is 26.5 Å². The minimum absolute atomic E-state index is 0.128. The molecule has 3 aromatic rings. The molecule has 1 unspecified atom stereocenters. The highest BCUT2D eigenvalue weighted by molar-refractivity contribution is 5.80. The first kappa shape index (κ1) is 18.4.